The fourth-order valence-electron chi connectivity index (χ4n) is 1.97. The lowest BCUT2D eigenvalue weighted by Crippen LogP contribution is -2.43. The lowest BCUT2D eigenvalue weighted by Gasteiger charge is -2.22. The highest BCUT2D eigenvalue weighted by atomic mass is 16.4. The van der Waals surface area contributed by atoms with E-state index in [1.54, 1.807) is 0 Å². The van der Waals surface area contributed by atoms with Crippen molar-refractivity contribution in [3.63, 3.8) is 0 Å². The average molecular weight is 280 g/mol. The Morgan fingerprint density at radius 3 is 2.65 bits per heavy atom. The summed E-state index contributed by atoms with van der Waals surface area (Å²) in [5, 5.41) is 11.5. The lowest BCUT2D eigenvalue weighted by molar-refractivity contribution is -0.137. The number of carboxylic acid groups (broad SMARTS) is 1. The maximum absolute atomic E-state index is 12.0. The molecule has 0 spiro atoms. The molecular formula is C14H20N2O4. The molecule has 1 heterocycles. The third-order valence-corrected chi connectivity index (χ3v) is 2.85. The highest BCUT2D eigenvalue weighted by Gasteiger charge is 2.20. The zero-order chi connectivity index (χ0) is 15.3. The Balaban J connectivity index is 2.74. The molecule has 0 aliphatic carbocycles. The summed E-state index contributed by atoms with van der Waals surface area (Å²) >= 11 is 0. The predicted octanol–water partition coefficient (Wildman–Crippen LogP) is 2.24. The van der Waals surface area contributed by atoms with Crippen molar-refractivity contribution in [2.75, 3.05) is 13.1 Å². The van der Waals surface area contributed by atoms with E-state index in [4.69, 9.17) is 9.52 Å². The summed E-state index contributed by atoms with van der Waals surface area (Å²) in [5.41, 5.74) is 0.879. The molecular weight excluding hydrogens is 260 g/mol. The molecule has 0 radical (unpaired) electrons. The number of nitrogens with one attached hydrogen (secondary N) is 1. The Kier molecular flexibility index (Phi) is 5.37. The van der Waals surface area contributed by atoms with Crippen molar-refractivity contribution in [3.8, 4) is 0 Å². The topological polar surface area (TPSA) is 82.8 Å². The molecule has 20 heavy (non-hydrogen) atoms. The van der Waals surface area contributed by atoms with Crippen LogP contribution in [0.3, 0.4) is 0 Å². The molecule has 0 aliphatic rings. The molecule has 0 aromatic carbocycles. The van der Waals surface area contributed by atoms with Gasteiger partial charge in [0, 0.05) is 12.1 Å². The first-order chi connectivity index (χ1) is 9.35. The summed E-state index contributed by atoms with van der Waals surface area (Å²) in [6.45, 7) is 8.80. The molecule has 110 valence electrons. The smallest absolute Gasteiger partial charge is 0.323 e. The second-order valence-electron chi connectivity index (χ2n) is 4.60. The van der Waals surface area contributed by atoms with Crippen molar-refractivity contribution in [1.82, 2.24) is 10.2 Å². The normalized spacial score (nSPS) is 11.8. The number of hydrogen-bond donors (Lipinski definition) is 2. The minimum atomic E-state index is -1.06. The van der Waals surface area contributed by atoms with Gasteiger partial charge in [0.1, 0.15) is 18.1 Å². The quantitative estimate of drug-likeness (QED) is 0.783. The monoisotopic (exact) mass is 280 g/mol. The van der Waals surface area contributed by atoms with Crippen LogP contribution in [0.5, 0.6) is 0 Å². The van der Waals surface area contributed by atoms with E-state index < -0.39 is 12.0 Å². The summed E-state index contributed by atoms with van der Waals surface area (Å²) in [6, 6.07) is 1.15. The van der Waals surface area contributed by atoms with E-state index in [0.29, 0.717) is 0 Å². The van der Waals surface area contributed by atoms with Crippen LogP contribution < -0.4 is 5.32 Å². The Bertz CT molecular complexity index is 507. The number of carboxylic acids is 1. The van der Waals surface area contributed by atoms with Crippen molar-refractivity contribution in [2.45, 2.75) is 26.8 Å². The third kappa shape index (κ3) is 4.15. The number of aryl methyl sites for hydroxylation is 2. The summed E-state index contributed by atoms with van der Waals surface area (Å²) in [7, 11) is 0. The fraction of sp³-hybridized carbons (Fsp3) is 0.429. The lowest BCUT2D eigenvalue weighted by atomic mass is 10.1. The second-order valence-corrected chi connectivity index (χ2v) is 4.60. The summed E-state index contributed by atoms with van der Waals surface area (Å²) in [6.07, 6.45) is 1.49. The van der Waals surface area contributed by atoms with Gasteiger partial charge >= 0.3 is 12.0 Å². The minimum absolute atomic E-state index is 0.175. The zero-order valence-corrected chi connectivity index (χ0v) is 12.0. The number of urea groups is 1. The van der Waals surface area contributed by atoms with Crippen molar-refractivity contribution in [3.05, 3.63) is 35.8 Å². The van der Waals surface area contributed by atoms with Gasteiger partial charge in [0.25, 0.3) is 0 Å². The highest BCUT2D eigenvalue weighted by molar-refractivity contribution is 5.80. The molecule has 6 nitrogen and oxygen atoms in total. The molecule has 0 saturated heterocycles. The van der Waals surface area contributed by atoms with Crippen molar-refractivity contribution < 1.29 is 19.1 Å². The minimum Gasteiger partial charge on any atom is -0.480 e. The summed E-state index contributed by atoms with van der Waals surface area (Å²) in [4.78, 5) is 23.9. The van der Waals surface area contributed by atoms with E-state index in [0.717, 1.165) is 17.1 Å². The van der Waals surface area contributed by atoms with Crippen LogP contribution in [0.1, 0.15) is 30.0 Å². The second kappa shape index (κ2) is 6.79. The van der Waals surface area contributed by atoms with E-state index in [1.165, 1.54) is 11.0 Å². The number of carbonyl (C=O) groups is 2. The van der Waals surface area contributed by atoms with Crippen molar-refractivity contribution in [2.24, 2.45) is 0 Å². The van der Waals surface area contributed by atoms with E-state index in [-0.39, 0.29) is 19.1 Å². The molecule has 0 aliphatic heterocycles. The van der Waals surface area contributed by atoms with Crippen LogP contribution in [-0.2, 0) is 4.79 Å². The van der Waals surface area contributed by atoms with Gasteiger partial charge in [0.2, 0.25) is 0 Å². The van der Waals surface area contributed by atoms with Crippen molar-refractivity contribution >= 4 is 12.0 Å². The molecule has 1 aromatic rings. The number of nitrogens with zero attached hydrogens (tertiary/aromatic N) is 1. The molecule has 0 bridgehead atoms. The van der Waals surface area contributed by atoms with Crippen LogP contribution in [0.4, 0.5) is 4.79 Å². The molecule has 2 N–H and O–H groups in total. The molecule has 1 atom stereocenters. The Hall–Kier alpha value is -2.24. The molecule has 1 rings (SSSR count). The zero-order valence-electron chi connectivity index (χ0n) is 12.0. The van der Waals surface area contributed by atoms with Gasteiger partial charge < -0.3 is 19.7 Å². The van der Waals surface area contributed by atoms with E-state index >= 15 is 0 Å². The fourth-order valence-corrected chi connectivity index (χ4v) is 1.97. The Labute approximate surface area is 118 Å². The molecule has 1 unspecified atom stereocenters. The maximum atomic E-state index is 12.0. The van der Waals surface area contributed by atoms with Crippen LogP contribution >= 0.6 is 0 Å². The Morgan fingerprint density at radius 2 is 2.20 bits per heavy atom. The van der Waals surface area contributed by atoms with Crippen LogP contribution in [-0.4, -0.2) is 35.1 Å². The Morgan fingerprint density at radius 1 is 1.55 bits per heavy atom. The third-order valence-electron chi connectivity index (χ3n) is 2.85. The molecule has 2 amide bonds. The van der Waals surface area contributed by atoms with Gasteiger partial charge in [-0.05, 0) is 26.8 Å². The number of carbonyl (C=O) groups excluding carboxylic acids is 1. The standard InChI is InChI=1S/C14H20N2O4/c1-5-6-16(8-13(17)18)14(19)15-10(3)12-7-9(2)20-11(12)4/h5,7,10H,1,6,8H2,2-4H3,(H,15,19)(H,17,18). The van der Waals surface area contributed by atoms with Gasteiger partial charge in [0.05, 0.1) is 6.04 Å². The first-order valence-electron chi connectivity index (χ1n) is 6.30. The molecule has 0 saturated carbocycles. The van der Waals surface area contributed by atoms with E-state index in [1.807, 2.05) is 26.8 Å². The van der Waals surface area contributed by atoms with E-state index in [2.05, 4.69) is 11.9 Å². The predicted molar refractivity (Wildman–Crippen MR) is 74.5 cm³/mol. The first-order valence-corrected chi connectivity index (χ1v) is 6.30. The number of hydrogen-bond acceptors (Lipinski definition) is 3. The molecule has 0 fully saturated rings. The maximum Gasteiger partial charge on any atom is 0.323 e. The van der Waals surface area contributed by atoms with Gasteiger partial charge in [-0.25, -0.2) is 4.79 Å². The first kappa shape index (κ1) is 15.8. The molecule has 6 heteroatoms. The number of rotatable bonds is 6. The molecule has 1 aromatic heterocycles. The average Bonchev–Trinajstić information content (AvgIpc) is 2.67. The van der Waals surface area contributed by atoms with E-state index in [9.17, 15) is 9.59 Å². The van der Waals surface area contributed by atoms with Gasteiger partial charge in [-0.2, -0.15) is 0 Å². The number of amides is 2. The van der Waals surface area contributed by atoms with Crippen molar-refractivity contribution in [1.29, 1.82) is 0 Å². The summed E-state index contributed by atoms with van der Waals surface area (Å²) in [5.74, 6) is 0.445. The van der Waals surface area contributed by atoms with Gasteiger partial charge in [-0.1, -0.05) is 6.08 Å². The van der Waals surface area contributed by atoms with Gasteiger partial charge in [-0.15, -0.1) is 6.58 Å². The van der Waals surface area contributed by atoms with Gasteiger partial charge in [0.15, 0.2) is 0 Å². The summed E-state index contributed by atoms with van der Waals surface area (Å²) < 4.78 is 5.41. The highest BCUT2D eigenvalue weighted by Crippen LogP contribution is 2.21. The van der Waals surface area contributed by atoms with Crippen LogP contribution in [0, 0.1) is 13.8 Å². The number of aliphatic carboxylic acids is 1. The largest absolute Gasteiger partial charge is 0.480 e. The number of furan rings is 1. The SMILES string of the molecule is C=CCN(CC(=O)O)C(=O)NC(C)c1cc(C)oc1C. The van der Waals surface area contributed by atoms with Crippen LogP contribution in [0.25, 0.3) is 0 Å². The van der Waals surface area contributed by atoms with Gasteiger partial charge in [-0.3, -0.25) is 4.79 Å². The van der Waals surface area contributed by atoms with Crippen LogP contribution in [0.2, 0.25) is 0 Å². The van der Waals surface area contributed by atoms with Crippen LogP contribution in [0.15, 0.2) is 23.1 Å².